The third-order valence-corrected chi connectivity index (χ3v) is 4.27. The summed E-state index contributed by atoms with van der Waals surface area (Å²) in [6.45, 7) is 0. The normalized spacial score (nSPS) is 13.0. The van der Waals surface area contributed by atoms with Gasteiger partial charge in [-0.3, -0.25) is 14.2 Å². The molecule has 7 nitrogen and oxygen atoms in total. The Balaban J connectivity index is 1.85. The number of benzene rings is 1. The zero-order valence-corrected chi connectivity index (χ0v) is 14.9. The molecule has 29 heavy (non-hydrogen) atoms. The number of nitrogens with one attached hydrogen (secondary N) is 1. The Morgan fingerprint density at radius 3 is 2.90 bits per heavy atom. The molecule has 1 aliphatic carbocycles. The molecule has 0 atom stereocenters. The summed E-state index contributed by atoms with van der Waals surface area (Å²) in [5, 5.41) is 2.90. The van der Waals surface area contributed by atoms with Crippen molar-refractivity contribution in [1.82, 2.24) is 14.5 Å². The Hall–Kier alpha value is -4.06. The van der Waals surface area contributed by atoms with Crippen LogP contribution in [-0.2, 0) is 7.05 Å². The fourth-order valence-corrected chi connectivity index (χ4v) is 2.85. The lowest BCUT2D eigenvalue weighted by atomic mass is 10.1. The van der Waals surface area contributed by atoms with Crippen LogP contribution >= 0.6 is 0 Å². The van der Waals surface area contributed by atoms with Gasteiger partial charge in [0.25, 0.3) is 17.9 Å². The number of para-hydroxylation sites is 1. The minimum Gasteiger partial charge on any atom is -0.451 e. The lowest BCUT2D eigenvalue weighted by Gasteiger charge is -2.13. The maximum absolute atomic E-state index is 13.0. The Morgan fingerprint density at radius 2 is 2.17 bits per heavy atom. The van der Waals surface area contributed by atoms with Crippen LogP contribution in [0.5, 0.6) is 0 Å². The van der Waals surface area contributed by atoms with Crippen molar-refractivity contribution < 1.29 is 18.0 Å². The van der Waals surface area contributed by atoms with Gasteiger partial charge in [-0.05, 0) is 24.3 Å². The molecule has 1 amide bonds. The molecular weight excluding hydrogens is 382 g/mol. The van der Waals surface area contributed by atoms with Crippen molar-refractivity contribution in [1.29, 1.82) is 0 Å². The van der Waals surface area contributed by atoms with Gasteiger partial charge >= 0.3 is 0 Å². The van der Waals surface area contributed by atoms with E-state index in [2.05, 4.69) is 26.7 Å². The molecular formula is C20H12F2N4O3. The number of carbonyl (C=O) groups is 1. The second-order valence-electron chi connectivity index (χ2n) is 6.10. The van der Waals surface area contributed by atoms with Crippen LogP contribution in [-0.4, -0.2) is 26.9 Å². The van der Waals surface area contributed by atoms with Crippen molar-refractivity contribution in [3.05, 3.63) is 81.9 Å². The average molecular weight is 394 g/mol. The van der Waals surface area contributed by atoms with Gasteiger partial charge in [-0.2, -0.15) is 0 Å². The number of allylic oxidation sites excluding steroid dienone is 4. The summed E-state index contributed by atoms with van der Waals surface area (Å²) in [5.74, 6) is -0.393. The average Bonchev–Trinajstić information content (AvgIpc) is 3.26. The van der Waals surface area contributed by atoms with Crippen molar-refractivity contribution >= 4 is 28.1 Å². The third-order valence-electron chi connectivity index (χ3n) is 4.27. The largest absolute Gasteiger partial charge is 0.451 e. The van der Waals surface area contributed by atoms with Crippen molar-refractivity contribution in [2.24, 2.45) is 7.05 Å². The lowest BCUT2D eigenvalue weighted by Crippen LogP contribution is -2.23. The molecule has 0 spiro atoms. The summed E-state index contributed by atoms with van der Waals surface area (Å²) in [6, 6.07) is 4.74. The van der Waals surface area contributed by atoms with Crippen LogP contribution in [0.3, 0.4) is 0 Å². The molecule has 4 rings (SSSR count). The minimum atomic E-state index is -2.74. The van der Waals surface area contributed by atoms with E-state index >= 15 is 0 Å². The Labute approximate surface area is 162 Å². The molecule has 0 unspecified atom stereocenters. The molecule has 0 saturated heterocycles. The quantitative estimate of drug-likeness (QED) is 0.687. The van der Waals surface area contributed by atoms with E-state index in [1.165, 1.54) is 30.0 Å². The number of aromatic nitrogens is 3. The number of amides is 1. The molecule has 1 N–H and O–H groups in total. The molecule has 1 aliphatic rings. The first-order valence-electron chi connectivity index (χ1n) is 8.37. The number of alkyl halides is 2. The number of nitrogens with zero attached hydrogens (tertiary/aromatic N) is 3. The molecule has 0 aliphatic heterocycles. The van der Waals surface area contributed by atoms with Gasteiger partial charge in [-0.15, -0.1) is 0 Å². The van der Waals surface area contributed by atoms with E-state index in [1.807, 2.05) is 0 Å². The molecule has 9 heteroatoms. The van der Waals surface area contributed by atoms with Crippen molar-refractivity contribution in [3.63, 3.8) is 0 Å². The SMILES string of the molecule is Cn1c(C2=CC(C(F)F)=C=C=C2)nc2c(NC(=O)c3cocn3)cccc2c1=O. The van der Waals surface area contributed by atoms with Crippen LogP contribution in [0.1, 0.15) is 16.3 Å². The summed E-state index contributed by atoms with van der Waals surface area (Å²) in [5.41, 5.74) is 4.93. The van der Waals surface area contributed by atoms with Crippen LogP contribution < -0.4 is 10.9 Å². The van der Waals surface area contributed by atoms with E-state index in [9.17, 15) is 18.4 Å². The highest BCUT2D eigenvalue weighted by Crippen LogP contribution is 2.25. The van der Waals surface area contributed by atoms with Gasteiger partial charge in [-0.1, -0.05) is 17.5 Å². The summed E-state index contributed by atoms with van der Waals surface area (Å²) in [6.07, 6.45) is 2.18. The smallest absolute Gasteiger partial charge is 0.277 e. The number of rotatable bonds is 4. The second-order valence-corrected chi connectivity index (χ2v) is 6.10. The predicted molar refractivity (Wildman–Crippen MR) is 101 cm³/mol. The van der Waals surface area contributed by atoms with Crippen LogP contribution in [0.25, 0.3) is 16.5 Å². The van der Waals surface area contributed by atoms with Crippen LogP contribution in [0.4, 0.5) is 14.5 Å². The summed E-state index contributed by atoms with van der Waals surface area (Å²) in [4.78, 5) is 33.4. The van der Waals surface area contributed by atoms with Gasteiger partial charge in [0.2, 0.25) is 0 Å². The Bertz CT molecular complexity index is 1320. The van der Waals surface area contributed by atoms with Gasteiger partial charge < -0.3 is 9.73 Å². The van der Waals surface area contributed by atoms with Gasteiger partial charge in [0.15, 0.2) is 12.1 Å². The molecule has 0 radical (unpaired) electrons. The molecule has 0 bridgehead atoms. The number of carbonyl (C=O) groups excluding carboxylic acids is 1. The summed E-state index contributed by atoms with van der Waals surface area (Å²) < 4.78 is 32.1. The molecule has 3 aromatic rings. The number of oxazole rings is 1. The van der Waals surface area contributed by atoms with E-state index in [-0.39, 0.29) is 39.3 Å². The summed E-state index contributed by atoms with van der Waals surface area (Å²) in [7, 11) is 1.49. The zero-order valence-electron chi connectivity index (χ0n) is 14.9. The number of hydrogen-bond acceptors (Lipinski definition) is 5. The number of fused-ring (bicyclic) bond motifs is 1. The van der Waals surface area contributed by atoms with Crippen LogP contribution in [0.2, 0.25) is 0 Å². The molecule has 2 aromatic heterocycles. The first-order valence-corrected chi connectivity index (χ1v) is 8.37. The van der Waals surface area contributed by atoms with Gasteiger partial charge in [0.1, 0.15) is 17.6 Å². The maximum atomic E-state index is 13.0. The van der Waals surface area contributed by atoms with Crippen LogP contribution in [0, 0.1) is 0 Å². The van der Waals surface area contributed by atoms with E-state index < -0.39 is 17.9 Å². The third kappa shape index (κ3) is 3.32. The first kappa shape index (κ1) is 18.3. The van der Waals surface area contributed by atoms with E-state index in [4.69, 9.17) is 4.42 Å². The van der Waals surface area contributed by atoms with Gasteiger partial charge in [0, 0.05) is 12.6 Å². The van der Waals surface area contributed by atoms with E-state index in [1.54, 1.807) is 18.2 Å². The second kappa shape index (κ2) is 7.16. The van der Waals surface area contributed by atoms with Gasteiger partial charge in [-0.25, -0.2) is 18.7 Å². The fraction of sp³-hybridized carbons (Fsp3) is 0.100. The summed E-state index contributed by atoms with van der Waals surface area (Å²) >= 11 is 0. The lowest BCUT2D eigenvalue weighted by molar-refractivity contribution is 0.102. The topological polar surface area (TPSA) is 90.0 Å². The molecule has 144 valence electrons. The highest BCUT2D eigenvalue weighted by molar-refractivity contribution is 6.07. The predicted octanol–water partition coefficient (Wildman–Crippen LogP) is 3.07. The van der Waals surface area contributed by atoms with Crippen molar-refractivity contribution in [2.45, 2.75) is 6.43 Å². The monoisotopic (exact) mass is 394 g/mol. The highest BCUT2D eigenvalue weighted by Gasteiger charge is 2.18. The van der Waals surface area contributed by atoms with E-state index in [0.717, 1.165) is 6.39 Å². The molecule has 0 fully saturated rings. The van der Waals surface area contributed by atoms with E-state index in [0.29, 0.717) is 0 Å². The fourth-order valence-electron chi connectivity index (χ4n) is 2.85. The molecule has 1 aromatic carbocycles. The number of halogens is 2. The molecule has 0 saturated carbocycles. The molecule has 2 heterocycles. The van der Waals surface area contributed by atoms with Crippen LogP contribution in [0.15, 0.2) is 69.3 Å². The Kier molecular flexibility index (Phi) is 4.52. The Morgan fingerprint density at radius 1 is 1.34 bits per heavy atom. The standard InChI is InChI=1S/C20H12F2N4O3/c1-26-18(12-5-2-4-11(8-12)17(21)22)25-16-13(20(26)28)6-3-7-14(16)24-19(27)15-9-29-10-23-15/h3,5-10,17H,1H3,(H,24,27). The minimum absolute atomic E-state index is 0.0563. The maximum Gasteiger partial charge on any atom is 0.277 e. The number of anilines is 1. The van der Waals surface area contributed by atoms with Gasteiger partial charge in [0.05, 0.1) is 16.6 Å². The highest BCUT2D eigenvalue weighted by atomic mass is 19.3. The van der Waals surface area contributed by atoms with Crippen molar-refractivity contribution in [2.75, 3.05) is 5.32 Å². The zero-order chi connectivity index (χ0) is 20.5. The van der Waals surface area contributed by atoms with Crippen molar-refractivity contribution in [3.8, 4) is 0 Å². The first-order chi connectivity index (χ1) is 14.0. The number of hydrogen-bond donors (Lipinski definition) is 1.